The molecule has 0 aromatic rings. The second-order valence-corrected chi connectivity index (χ2v) is 3.44. The van der Waals surface area contributed by atoms with E-state index in [0.29, 0.717) is 0 Å². The largest absolute Gasteiger partial charge is 1.00 e. The molecule has 0 aliphatic heterocycles. The molecule has 0 aliphatic carbocycles. The molecule has 11 heteroatoms. The summed E-state index contributed by atoms with van der Waals surface area (Å²) in [5.41, 5.74) is 0. The molecule has 0 fully saturated rings. The molecule has 0 rings (SSSR count). The molecular weight excluding hydrogens is 253 g/mol. The Labute approximate surface area is 98.0 Å². The summed E-state index contributed by atoms with van der Waals surface area (Å²) in [5.74, 6) is 0. The van der Waals surface area contributed by atoms with E-state index in [4.69, 9.17) is 4.55 Å². The molecule has 0 saturated heterocycles. The second kappa shape index (κ2) is 4.56. The Morgan fingerprint density at radius 2 is 1.43 bits per heavy atom. The van der Waals surface area contributed by atoms with E-state index in [-0.39, 0.29) is 31.0 Å². The second-order valence-electron chi connectivity index (χ2n) is 1.94. The average Bonchev–Trinajstić information content (AvgIpc) is 1.81. The summed E-state index contributed by atoms with van der Waals surface area (Å²) >= 11 is 0. The molecule has 14 heavy (non-hydrogen) atoms. The van der Waals surface area contributed by atoms with Crippen LogP contribution in [0.4, 0.5) is 26.3 Å². The van der Waals surface area contributed by atoms with E-state index in [9.17, 15) is 34.8 Å². The molecule has 3 nitrogen and oxygen atoms in total. The Morgan fingerprint density at radius 1 is 1.14 bits per heavy atom. The van der Waals surface area contributed by atoms with Gasteiger partial charge in [-0.3, -0.25) is 4.55 Å². The van der Waals surface area contributed by atoms with E-state index >= 15 is 0 Å². The van der Waals surface area contributed by atoms with E-state index in [2.05, 4.69) is 0 Å². The Morgan fingerprint density at radius 3 is 1.50 bits per heavy atom. The molecule has 0 radical (unpaired) electrons. The first-order chi connectivity index (χ1) is 5.40. The fourth-order valence-corrected chi connectivity index (χ4v) is 0.716. The maximum absolute atomic E-state index is 11.9. The van der Waals surface area contributed by atoms with Gasteiger partial charge < -0.3 is 1.43 Å². The molecule has 0 heterocycles. The third-order valence-corrected chi connectivity index (χ3v) is 1.82. The number of rotatable bonds is 2. The van der Waals surface area contributed by atoms with Crippen molar-refractivity contribution >= 4 is 10.1 Å². The van der Waals surface area contributed by atoms with Gasteiger partial charge in [0.1, 0.15) is 0 Å². The van der Waals surface area contributed by atoms with Crippen LogP contribution >= 0.6 is 0 Å². The van der Waals surface area contributed by atoms with E-state index in [1.54, 1.807) is 0 Å². The standard InChI is InChI=1S/C3H2F6O3S.Na.H/c4-1(2(5,6)7)3(8,9)13(10,11)12;;/h1H,(H,10,11,12);;/q;+1;-1. The SMILES string of the molecule is O=S(=O)(O)C(F)(F)C(F)C(F)(F)F.[H-].[Na+]. The maximum Gasteiger partial charge on any atom is 1.00 e. The van der Waals surface area contributed by atoms with Gasteiger partial charge in [-0.1, -0.05) is 0 Å². The minimum atomic E-state index is -6.41. The Kier molecular flexibility index (Phi) is 5.50. The summed E-state index contributed by atoms with van der Waals surface area (Å²) < 4.78 is 96.1. The van der Waals surface area contributed by atoms with Gasteiger partial charge in [0, 0.05) is 0 Å². The molecule has 0 aliphatic rings. The summed E-state index contributed by atoms with van der Waals surface area (Å²) in [6, 6.07) is 0. The van der Waals surface area contributed by atoms with E-state index in [1.165, 1.54) is 0 Å². The van der Waals surface area contributed by atoms with E-state index in [1.807, 2.05) is 0 Å². The van der Waals surface area contributed by atoms with Gasteiger partial charge in [-0.2, -0.15) is 30.4 Å². The first kappa shape index (κ1) is 16.9. The monoisotopic (exact) mass is 256 g/mol. The predicted molar refractivity (Wildman–Crippen MR) is 28.6 cm³/mol. The molecule has 0 saturated carbocycles. The average molecular weight is 256 g/mol. The van der Waals surface area contributed by atoms with Gasteiger partial charge in [-0.15, -0.1) is 0 Å². The predicted octanol–water partition coefficient (Wildman–Crippen LogP) is -1.52. The van der Waals surface area contributed by atoms with Crippen LogP contribution in [0.15, 0.2) is 0 Å². The molecule has 1 N–H and O–H groups in total. The topological polar surface area (TPSA) is 54.4 Å². The van der Waals surface area contributed by atoms with E-state index in [0.717, 1.165) is 0 Å². The molecule has 0 aromatic carbocycles. The summed E-state index contributed by atoms with van der Waals surface area (Å²) in [6.45, 7) is 0. The molecule has 1 atom stereocenters. The Bertz CT molecular complexity index is 288. The molecule has 0 amide bonds. The molecule has 1 unspecified atom stereocenters. The summed E-state index contributed by atoms with van der Waals surface area (Å²) in [4.78, 5) is 0. The van der Waals surface area contributed by atoms with Crippen LogP contribution in [-0.4, -0.2) is 30.6 Å². The van der Waals surface area contributed by atoms with Crippen molar-refractivity contribution in [3.05, 3.63) is 0 Å². The van der Waals surface area contributed by atoms with Crippen molar-refractivity contribution in [2.45, 2.75) is 17.6 Å². The van der Waals surface area contributed by atoms with Crippen LogP contribution in [0, 0.1) is 0 Å². The first-order valence-corrected chi connectivity index (χ1v) is 3.90. The smallest absolute Gasteiger partial charge is 1.00 e. The van der Waals surface area contributed by atoms with Gasteiger partial charge in [-0.25, -0.2) is 4.39 Å². The third kappa shape index (κ3) is 3.57. The van der Waals surface area contributed by atoms with Crippen molar-refractivity contribution in [2.75, 3.05) is 0 Å². The van der Waals surface area contributed by atoms with Crippen molar-refractivity contribution in [3.63, 3.8) is 0 Å². The fourth-order valence-electron chi connectivity index (χ4n) is 0.321. The quantitative estimate of drug-likeness (QED) is 0.371. The maximum atomic E-state index is 11.9. The van der Waals surface area contributed by atoms with Gasteiger partial charge in [0.2, 0.25) is 0 Å². The van der Waals surface area contributed by atoms with Gasteiger partial charge in [-0.05, 0) is 0 Å². The van der Waals surface area contributed by atoms with Gasteiger partial charge in [0.15, 0.2) is 0 Å². The molecule has 0 aromatic heterocycles. The molecule has 82 valence electrons. The van der Waals surface area contributed by atoms with Crippen LogP contribution in [0.5, 0.6) is 0 Å². The first-order valence-electron chi connectivity index (χ1n) is 2.46. The Balaban J connectivity index is -0.000000720. The fraction of sp³-hybridized carbons (Fsp3) is 1.00. The van der Waals surface area contributed by atoms with Gasteiger partial charge in [0.05, 0.1) is 0 Å². The molecular formula is C3H3F6NaO3S. The van der Waals surface area contributed by atoms with Crippen molar-refractivity contribution in [1.82, 2.24) is 0 Å². The van der Waals surface area contributed by atoms with Crippen molar-refractivity contribution in [3.8, 4) is 0 Å². The van der Waals surface area contributed by atoms with Crippen LogP contribution in [0.1, 0.15) is 1.43 Å². The zero-order valence-electron chi connectivity index (χ0n) is 7.52. The minimum Gasteiger partial charge on any atom is -1.00 e. The van der Waals surface area contributed by atoms with Crippen LogP contribution in [-0.2, 0) is 10.1 Å². The van der Waals surface area contributed by atoms with E-state index < -0.39 is 27.7 Å². The normalized spacial score (nSPS) is 15.9. The van der Waals surface area contributed by atoms with Crippen molar-refractivity contribution < 1.29 is 70.3 Å². The van der Waals surface area contributed by atoms with Crippen LogP contribution in [0.25, 0.3) is 0 Å². The molecule has 0 spiro atoms. The third-order valence-electron chi connectivity index (χ3n) is 0.926. The molecule has 0 bridgehead atoms. The van der Waals surface area contributed by atoms with Gasteiger partial charge >= 0.3 is 51.1 Å². The van der Waals surface area contributed by atoms with Crippen LogP contribution in [0.3, 0.4) is 0 Å². The summed E-state index contributed by atoms with van der Waals surface area (Å²) in [5, 5.41) is -5.88. The number of alkyl halides is 6. The zero-order valence-corrected chi connectivity index (χ0v) is 9.33. The van der Waals surface area contributed by atoms with Crippen LogP contribution < -0.4 is 29.6 Å². The number of hydrogen-bond donors (Lipinski definition) is 1. The van der Waals surface area contributed by atoms with Crippen molar-refractivity contribution in [1.29, 1.82) is 0 Å². The van der Waals surface area contributed by atoms with Gasteiger partial charge in [0.25, 0.3) is 6.17 Å². The summed E-state index contributed by atoms with van der Waals surface area (Å²) in [6.07, 6.45) is -11.0. The number of halogens is 6. The Hall–Kier alpha value is 0.490. The summed E-state index contributed by atoms with van der Waals surface area (Å²) in [7, 11) is -6.41. The number of hydrogen-bond acceptors (Lipinski definition) is 2. The van der Waals surface area contributed by atoms with Crippen LogP contribution in [0.2, 0.25) is 0 Å². The minimum absolute atomic E-state index is 0. The zero-order chi connectivity index (χ0) is 11.1. The van der Waals surface area contributed by atoms with Crippen molar-refractivity contribution in [2.24, 2.45) is 0 Å².